The van der Waals surface area contributed by atoms with Crippen LogP contribution in [0.25, 0.3) is 11.1 Å². The molecule has 0 atom stereocenters. The molecule has 0 saturated carbocycles. The highest BCUT2D eigenvalue weighted by Gasteiger charge is 2.23. The summed E-state index contributed by atoms with van der Waals surface area (Å²) in [5.41, 5.74) is 1.69. The van der Waals surface area contributed by atoms with Crippen LogP contribution in [0.1, 0.15) is 38.1 Å². The van der Waals surface area contributed by atoms with Crippen LogP contribution in [0, 0.1) is 0 Å². The van der Waals surface area contributed by atoms with Crippen molar-refractivity contribution in [2.45, 2.75) is 39.8 Å². The molecule has 1 amide bonds. The van der Waals surface area contributed by atoms with Crippen LogP contribution in [0.15, 0.2) is 41.5 Å². The maximum Gasteiger partial charge on any atom is 0.344 e. The molecule has 0 unspecified atom stereocenters. The fourth-order valence-electron chi connectivity index (χ4n) is 2.62. The first-order valence-electron chi connectivity index (χ1n) is 7.38. The van der Waals surface area contributed by atoms with E-state index in [0.29, 0.717) is 5.56 Å². The van der Waals surface area contributed by atoms with Gasteiger partial charge in [-0.15, -0.1) is 0 Å². The summed E-state index contributed by atoms with van der Waals surface area (Å²) in [6.07, 6.45) is 3.07. The Balaban J connectivity index is 2.50. The van der Waals surface area contributed by atoms with Crippen molar-refractivity contribution in [1.29, 1.82) is 0 Å². The standard InChI is InChI=1S/C17H21N3O2/c1-11(2)20(12(3)4)16(21)15-8-6-5-7-14(15)13-9-18-17(22)19-10-13/h5-12H,1-4H3,(H,18,19,22). The SMILES string of the molecule is CC(C)N(C(=O)c1ccccc1-c1cnc(=O)[nH]c1)C(C)C. The number of rotatable bonds is 4. The fourth-order valence-corrected chi connectivity index (χ4v) is 2.62. The van der Waals surface area contributed by atoms with E-state index in [0.717, 1.165) is 11.1 Å². The summed E-state index contributed by atoms with van der Waals surface area (Å²) in [4.78, 5) is 32.2. The van der Waals surface area contributed by atoms with Crippen LogP contribution in [-0.2, 0) is 0 Å². The van der Waals surface area contributed by atoms with Gasteiger partial charge < -0.3 is 9.88 Å². The number of hydrogen-bond donors (Lipinski definition) is 1. The number of aromatic amines is 1. The lowest BCUT2D eigenvalue weighted by atomic mass is 10.00. The number of nitrogens with zero attached hydrogens (tertiary/aromatic N) is 2. The number of aromatic nitrogens is 2. The lowest BCUT2D eigenvalue weighted by Crippen LogP contribution is -2.42. The number of H-pyrrole nitrogens is 1. The van der Waals surface area contributed by atoms with Gasteiger partial charge in [-0.3, -0.25) is 4.79 Å². The van der Waals surface area contributed by atoms with Gasteiger partial charge in [-0.25, -0.2) is 9.78 Å². The summed E-state index contributed by atoms with van der Waals surface area (Å²) in [6, 6.07) is 7.59. The number of carbonyl (C=O) groups is 1. The van der Waals surface area contributed by atoms with E-state index in [4.69, 9.17) is 0 Å². The zero-order valence-electron chi connectivity index (χ0n) is 13.3. The zero-order valence-corrected chi connectivity index (χ0v) is 13.3. The molecule has 0 saturated heterocycles. The third kappa shape index (κ3) is 3.24. The predicted octanol–water partition coefficient (Wildman–Crippen LogP) is 2.70. The molecular weight excluding hydrogens is 278 g/mol. The van der Waals surface area contributed by atoms with Crippen molar-refractivity contribution in [3.05, 3.63) is 52.7 Å². The van der Waals surface area contributed by atoms with Crippen LogP contribution in [0.5, 0.6) is 0 Å². The Morgan fingerprint density at radius 3 is 2.32 bits per heavy atom. The lowest BCUT2D eigenvalue weighted by molar-refractivity contribution is 0.0644. The zero-order chi connectivity index (χ0) is 16.3. The van der Waals surface area contributed by atoms with Gasteiger partial charge in [0.15, 0.2) is 0 Å². The first kappa shape index (κ1) is 15.9. The van der Waals surface area contributed by atoms with Crippen molar-refractivity contribution in [2.75, 3.05) is 0 Å². The molecule has 0 radical (unpaired) electrons. The molecule has 22 heavy (non-hydrogen) atoms. The van der Waals surface area contributed by atoms with E-state index in [2.05, 4.69) is 9.97 Å². The van der Waals surface area contributed by atoms with Gasteiger partial charge in [-0.2, -0.15) is 0 Å². The van der Waals surface area contributed by atoms with Crippen LogP contribution in [0.4, 0.5) is 0 Å². The molecule has 0 aliphatic heterocycles. The smallest absolute Gasteiger partial charge is 0.334 e. The molecule has 0 aliphatic carbocycles. The Morgan fingerprint density at radius 1 is 1.14 bits per heavy atom. The Kier molecular flexibility index (Phi) is 4.75. The molecule has 0 bridgehead atoms. The highest BCUT2D eigenvalue weighted by molar-refractivity contribution is 6.01. The molecule has 1 N–H and O–H groups in total. The average molecular weight is 299 g/mol. The van der Waals surface area contributed by atoms with E-state index in [-0.39, 0.29) is 18.0 Å². The van der Waals surface area contributed by atoms with Crippen molar-refractivity contribution in [3.63, 3.8) is 0 Å². The number of carbonyl (C=O) groups excluding carboxylic acids is 1. The normalized spacial score (nSPS) is 11.0. The van der Waals surface area contributed by atoms with Gasteiger partial charge in [0.1, 0.15) is 0 Å². The molecule has 1 aromatic carbocycles. The lowest BCUT2D eigenvalue weighted by Gasteiger charge is -2.31. The Morgan fingerprint density at radius 2 is 1.77 bits per heavy atom. The molecule has 0 fully saturated rings. The summed E-state index contributed by atoms with van der Waals surface area (Å²) < 4.78 is 0. The minimum Gasteiger partial charge on any atom is -0.334 e. The van der Waals surface area contributed by atoms with Crippen LogP contribution in [-0.4, -0.2) is 32.9 Å². The first-order valence-corrected chi connectivity index (χ1v) is 7.38. The van der Waals surface area contributed by atoms with E-state index < -0.39 is 5.69 Å². The van der Waals surface area contributed by atoms with Crippen LogP contribution < -0.4 is 5.69 Å². The second-order valence-electron chi connectivity index (χ2n) is 5.75. The van der Waals surface area contributed by atoms with Crippen molar-refractivity contribution < 1.29 is 4.79 Å². The van der Waals surface area contributed by atoms with Crippen LogP contribution >= 0.6 is 0 Å². The van der Waals surface area contributed by atoms with Crippen molar-refractivity contribution in [1.82, 2.24) is 14.9 Å². The average Bonchev–Trinajstić information content (AvgIpc) is 2.47. The fraction of sp³-hybridized carbons (Fsp3) is 0.353. The van der Waals surface area contributed by atoms with E-state index >= 15 is 0 Å². The number of amides is 1. The van der Waals surface area contributed by atoms with Gasteiger partial charge >= 0.3 is 5.69 Å². The van der Waals surface area contributed by atoms with Gasteiger partial charge in [0, 0.05) is 35.6 Å². The first-order chi connectivity index (χ1) is 10.4. The topological polar surface area (TPSA) is 66.1 Å². The van der Waals surface area contributed by atoms with Gasteiger partial charge in [-0.05, 0) is 39.3 Å². The Bertz CT molecular complexity index is 691. The largest absolute Gasteiger partial charge is 0.344 e. The maximum absolute atomic E-state index is 12.9. The summed E-state index contributed by atoms with van der Waals surface area (Å²) in [7, 11) is 0. The Labute approximate surface area is 130 Å². The van der Waals surface area contributed by atoms with Gasteiger partial charge in [0.05, 0.1) is 0 Å². The number of nitrogens with one attached hydrogen (secondary N) is 1. The second kappa shape index (κ2) is 6.56. The van der Waals surface area contributed by atoms with Crippen molar-refractivity contribution in [2.24, 2.45) is 0 Å². The van der Waals surface area contributed by atoms with Gasteiger partial charge in [0.2, 0.25) is 0 Å². The Hall–Kier alpha value is -2.43. The van der Waals surface area contributed by atoms with Gasteiger partial charge in [-0.1, -0.05) is 18.2 Å². The van der Waals surface area contributed by atoms with Gasteiger partial charge in [0.25, 0.3) is 5.91 Å². The molecule has 0 aliphatic rings. The van der Waals surface area contributed by atoms with Crippen LogP contribution in [0.3, 0.4) is 0 Å². The van der Waals surface area contributed by atoms with Crippen molar-refractivity contribution in [3.8, 4) is 11.1 Å². The maximum atomic E-state index is 12.9. The van der Waals surface area contributed by atoms with E-state index in [1.807, 2.05) is 50.8 Å². The number of benzene rings is 1. The molecule has 2 rings (SSSR count). The number of hydrogen-bond acceptors (Lipinski definition) is 3. The highest BCUT2D eigenvalue weighted by atomic mass is 16.2. The molecule has 1 heterocycles. The molecule has 5 heteroatoms. The molecular formula is C17H21N3O2. The third-order valence-corrected chi connectivity index (χ3v) is 3.49. The van der Waals surface area contributed by atoms with E-state index in [1.54, 1.807) is 12.3 Å². The third-order valence-electron chi connectivity index (χ3n) is 3.49. The summed E-state index contributed by atoms with van der Waals surface area (Å²) in [6.45, 7) is 8.01. The quantitative estimate of drug-likeness (QED) is 0.944. The molecule has 5 nitrogen and oxygen atoms in total. The second-order valence-corrected chi connectivity index (χ2v) is 5.75. The summed E-state index contributed by atoms with van der Waals surface area (Å²) >= 11 is 0. The van der Waals surface area contributed by atoms with Crippen molar-refractivity contribution >= 4 is 5.91 Å². The molecule has 0 spiro atoms. The molecule has 116 valence electrons. The van der Waals surface area contributed by atoms with E-state index in [9.17, 15) is 9.59 Å². The predicted molar refractivity (Wildman–Crippen MR) is 86.7 cm³/mol. The summed E-state index contributed by atoms with van der Waals surface area (Å²) in [5.74, 6) is -0.0215. The van der Waals surface area contributed by atoms with E-state index in [1.165, 1.54) is 6.20 Å². The van der Waals surface area contributed by atoms with Crippen LogP contribution in [0.2, 0.25) is 0 Å². The monoisotopic (exact) mass is 299 g/mol. The highest BCUT2D eigenvalue weighted by Crippen LogP contribution is 2.24. The summed E-state index contributed by atoms with van der Waals surface area (Å²) in [5, 5.41) is 0. The molecule has 1 aromatic heterocycles. The minimum absolute atomic E-state index is 0.0215. The minimum atomic E-state index is -0.404. The molecule has 2 aromatic rings.